The summed E-state index contributed by atoms with van der Waals surface area (Å²) in [7, 11) is 0. The van der Waals surface area contributed by atoms with E-state index in [1.54, 1.807) is 12.4 Å². The minimum atomic E-state index is 0.240. The lowest BCUT2D eigenvalue weighted by Crippen LogP contribution is -2.01. The molecule has 2 aromatic carbocycles. The standard InChI is InChI=1S/2C12H12N4O2/c1-7-5-14-12(13)16-11(7)15-8-2-3-9-10(4-8)18-6-17-9;1-7-5-14-12(16-11(7)13)15-8-2-3-9-10(4-8)18-6-17-9/h2*2-5H,6H2,1H3,(H3,13,14,15,16). The minimum Gasteiger partial charge on any atom is -0.454 e. The highest BCUT2D eigenvalue weighted by molar-refractivity contribution is 5.64. The van der Waals surface area contributed by atoms with E-state index in [9.17, 15) is 0 Å². The van der Waals surface area contributed by atoms with Crippen LogP contribution in [-0.2, 0) is 0 Å². The Balaban J connectivity index is 0.000000148. The van der Waals surface area contributed by atoms with Crippen LogP contribution in [-0.4, -0.2) is 33.5 Å². The number of rotatable bonds is 4. The Bertz CT molecular complexity index is 1420. The molecule has 0 bridgehead atoms. The third kappa shape index (κ3) is 5.06. The molecule has 2 aromatic heterocycles. The first kappa shape index (κ1) is 22.8. The van der Waals surface area contributed by atoms with Gasteiger partial charge in [-0.05, 0) is 38.1 Å². The lowest BCUT2D eigenvalue weighted by molar-refractivity contribution is 0.173. The maximum Gasteiger partial charge on any atom is 0.231 e. The third-order valence-corrected chi connectivity index (χ3v) is 5.27. The van der Waals surface area contributed by atoms with E-state index >= 15 is 0 Å². The first-order valence-corrected chi connectivity index (χ1v) is 11.0. The van der Waals surface area contributed by atoms with Gasteiger partial charge in [0.25, 0.3) is 0 Å². The molecule has 0 radical (unpaired) electrons. The van der Waals surface area contributed by atoms with Gasteiger partial charge in [0.05, 0.1) is 0 Å². The van der Waals surface area contributed by atoms with Gasteiger partial charge >= 0.3 is 0 Å². The number of nitrogens with one attached hydrogen (secondary N) is 2. The van der Waals surface area contributed by atoms with Crippen LogP contribution in [0.15, 0.2) is 48.8 Å². The Morgan fingerprint density at radius 3 is 1.92 bits per heavy atom. The van der Waals surface area contributed by atoms with Gasteiger partial charge in [0.1, 0.15) is 11.6 Å². The van der Waals surface area contributed by atoms with Gasteiger partial charge in [0.15, 0.2) is 23.0 Å². The Morgan fingerprint density at radius 1 is 0.694 bits per heavy atom. The van der Waals surface area contributed by atoms with Crippen molar-refractivity contribution in [3.8, 4) is 23.0 Å². The number of benzene rings is 2. The van der Waals surface area contributed by atoms with Crippen LogP contribution in [0.3, 0.4) is 0 Å². The van der Waals surface area contributed by atoms with E-state index in [0.717, 1.165) is 39.8 Å². The number of nitrogen functional groups attached to an aromatic ring is 2. The smallest absolute Gasteiger partial charge is 0.231 e. The topological polar surface area (TPSA) is 165 Å². The van der Waals surface area contributed by atoms with E-state index in [0.29, 0.717) is 23.3 Å². The van der Waals surface area contributed by atoms with Crippen LogP contribution in [0.5, 0.6) is 23.0 Å². The van der Waals surface area contributed by atoms with Crippen LogP contribution < -0.4 is 41.0 Å². The average molecular weight is 489 g/mol. The summed E-state index contributed by atoms with van der Waals surface area (Å²) in [4.78, 5) is 16.4. The maximum absolute atomic E-state index is 5.73. The molecule has 0 saturated heterocycles. The molecule has 12 nitrogen and oxygen atoms in total. The Hall–Kier alpha value is -5.00. The quantitative estimate of drug-likeness (QED) is 0.330. The van der Waals surface area contributed by atoms with E-state index < -0.39 is 0 Å². The normalized spacial score (nSPS) is 12.5. The van der Waals surface area contributed by atoms with Crippen molar-refractivity contribution in [1.29, 1.82) is 0 Å². The lowest BCUT2D eigenvalue weighted by atomic mass is 10.2. The van der Waals surface area contributed by atoms with Crippen LogP contribution in [0.2, 0.25) is 0 Å². The van der Waals surface area contributed by atoms with Crippen molar-refractivity contribution in [2.75, 3.05) is 35.7 Å². The van der Waals surface area contributed by atoms with Crippen molar-refractivity contribution < 1.29 is 18.9 Å². The molecule has 0 spiro atoms. The van der Waals surface area contributed by atoms with Crippen molar-refractivity contribution in [3.05, 3.63) is 59.9 Å². The molecule has 0 unspecified atom stereocenters. The number of aryl methyl sites for hydroxylation is 2. The van der Waals surface area contributed by atoms with Crippen molar-refractivity contribution >= 4 is 34.9 Å². The van der Waals surface area contributed by atoms with Gasteiger partial charge in [0, 0.05) is 47.0 Å². The van der Waals surface area contributed by atoms with Gasteiger partial charge in [-0.1, -0.05) is 0 Å². The van der Waals surface area contributed by atoms with Gasteiger partial charge in [-0.3, -0.25) is 0 Å². The highest BCUT2D eigenvalue weighted by Crippen LogP contribution is 2.36. The van der Waals surface area contributed by atoms with Crippen LogP contribution >= 0.6 is 0 Å². The molecule has 4 aromatic rings. The van der Waals surface area contributed by atoms with Crippen molar-refractivity contribution in [3.63, 3.8) is 0 Å². The molecule has 36 heavy (non-hydrogen) atoms. The molecule has 0 amide bonds. The molecule has 0 atom stereocenters. The number of hydrogen-bond donors (Lipinski definition) is 4. The van der Waals surface area contributed by atoms with E-state index in [-0.39, 0.29) is 19.5 Å². The summed E-state index contributed by atoms with van der Waals surface area (Å²) in [5.74, 6) is 4.76. The summed E-state index contributed by atoms with van der Waals surface area (Å²) >= 11 is 0. The summed E-state index contributed by atoms with van der Waals surface area (Å²) in [5, 5.41) is 6.24. The first-order valence-electron chi connectivity index (χ1n) is 11.0. The molecule has 0 aliphatic carbocycles. The fraction of sp³-hybridized carbons (Fsp3) is 0.167. The molecule has 4 heterocycles. The van der Waals surface area contributed by atoms with E-state index in [1.165, 1.54) is 0 Å². The molecular weight excluding hydrogens is 464 g/mol. The predicted octanol–water partition coefficient (Wildman–Crippen LogP) is 3.68. The summed E-state index contributed by atoms with van der Waals surface area (Å²) in [6.45, 7) is 4.29. The zero-order valence-electron chi connectivity index (χ0n) is 19.6. The van der Waals surface area contributed by atoms with Gasteiger partial charge in [-0.25, -0.2) is 9.97 Å². The maximum atomic E-state index is 5.73. The van der Waals surface area contributed by atoms with Gasteiger partial charge in [-0.2, -0.15) is 9.97 Å². The number of ether oxygens (including phenoxy) is 4. The number of anilines is 6. The molecule has 2 aliphatic rings. The van der Waals surface area contributed by atoms with Crippen LogP contribution in [0.25, 0.3) is 0 Å². The minimum absolute atomic E-state index is 0.240. The highest BCUT2D eigenvalue weighted by Gasteiger charge is 2.15. The highest BCUT2D eigenvalue weighted by atomic mass is 16.7. The molecule has 0 fully saturated rings. The molecule has 6 rings (SSSR count). The van der Waals surface area contributed by atoms with Crippen LogP contribution in [0.1, 0.15) is 11.1 Å². The summed E-state index contributed by atoms with van der Waals surface area (Å²) < 4.78 is 21.1. The second-order valence-electron chi connectivity index (χ2n) is 7.91. The number of hydrogen-bond acceptors (Lipinski definition) is 12. The number of nitrogens with two attached hydrogens (primary N) is 2. The average Bonchev–Trinajstić information content (AvgIpc) is 3.53. The van der Waals surface area contributed by atoms with Crippen molar-refractivity contribution in [1.82, 2.24) is 19.9 Å². The third-order valence-electron chi connectivity index (χ3n) is 5.27. The lowest BCUT2D eigenvalue weighted by Gasteiger charge is -2.09. The van der Waals surface area contributed by atoms with Crippen molar-refractivity contribution in [2.45, 2.75) is 13.8 Å². The van der Waals surface area contributed by atoms with Gasteiger partial charge in [-0.15, -0.1) is 0 Å². The summed E-state index contributed by atoms with van der Waals surface area (Å²) in [5.41, 5.74) is 14.7. The predicted molar refractivity (Wildman–Crippen MR) is 134 cm³/mol. The second kappa shape index (κ2) is 9.70. The molecular formula is C24H24N8O4. The largest absolute Gasteiger partial charge is 0.454 e. The Morgan fingerprint density at radius 2 is 1.28 bits per heavy atom. The van der Waals surface area contributed by atoms with Gasteiger partial charge < -0.3 is 41.0 Å². The van der Waals surface area contributed by atoms with E-state index in [2.05, 4.69) is 30.6 Å². The second-order valence-corrected chi connectivity index (χ2v) is 7.91. The van der Waals surface area contributed by atoms with Crippen LogP contribution in [0, 0.1) is 13.8 Å². The van der Waals surface area contributed by atoms with E-state index in [4.69, 9.17) is 30.4 Å². The number of aromatic nitrogens is 4. The zero-order chi connectivity index (χ0) is 25.1. The van der Waals surface area contributed by atoms with Gasteiger partial charge in [0.2, 0.25) is 25.5 Å². The summed E-state index contributed by atoms with van der Waals surface area (Å²) in [6, 6.07) is 11.1. The zero-order valence-corrected chi connectivity index (χ0v) is 19.6. The SMILES string of the molecule is Cc1cnc(N)nc1Nc1ccc2c(c1)OCO2.Cc1cnc(Nc2ccc3c(c2)OCO3)nc1N. The summed E-state index contributed by atoms with van der Waals surface area (Å²) in [6.07, 6.45) is 3.36. The molecule has 184 valence electrons. The number of nitrogens with zero attached hydrogens (tertiary/aromatic N) is 4. The Kier molecular flexibility index (Phi) is 6.14. The Labute approximate surface area is 206 Å². The molecule has 0 saturated carbocycles. The molecule has 2 aliphatic heterocycles. The fourth-order valence-corrected chi connectivity index (χ4v) is 3.31. The van der Waals surface area contributed by atoms with Crippen LogP contribution in [0.4, 0.5) is 34.9 Å². The fourth-order valence-electron chi connectivity index (χ4n) is 3.31. The van der Waals surface area contributed by atoms with E-state index in [1.807, 2.05) is 50.2 Å². The monoisotopic (exact) mass is 488 g/mol. The molecule has 12 heteroatoms. The first-order chi connectivity index (χ1) is 17.4. The molecule has 6 N–H and O–H groups in total. The van der Waals surface area contributed by atoms with Crippen molar-refractivity contribution in [2.24, 2.45) is 0 Å². The number of fused-ring (bicyclic) bond motifs is 2.